The number of rotatable bonds is 6. The van der Waals surface area contributed by atoms with Gasteiger partial charge in [-0.15, -0.1) is 0 Å². The summed E-state index contributed by atoms with van der Waals surface area (Å²) in [6.07, 6.45) is 4.86. The maximum absolute atomic E-state index is 14.2. The van der Waals surface area contributed by atoms with Crippen LogP contribution in [0.5, 0.6) is 0 Å². The molecule has 36 heavy (non-hydrogen) atoms. The fraction of sp³-hybridized carbons (Fsp3) is 0.440. The molecule has 2 aromatic rings. The number of hydrogen-bond donors (Lipinski definition) is 4. The minimum atomic E-state index is -3.03. The molecule has 1 aromatic carbocycles. The van der Waals surface area contributed by atoms with E-state index in [-0.39, 0.29) is 18.2 Å². The van der Waals surface area contributed by atoms with Crippen LogP contribution in [0.15, 0.2) is 41.6 Å². The van der Waals surface area contributed by atoms with Gasteiger partial charge in [0.25, 0.3) is 11.8 Å². The molecule has 6 N–H and O–H groups in total. The van der Waals surface area contributed by atoms with Gasteiger partial charge in [-0.3, -0.25) is 9.78 Å². The number of halogens is 3. The number of alkyl halides is 2. The largest absolute Gasteiger partial charge is 0.397 e. The second-order valence-corrected chi connectivity index (χ2v) is 10.4. The van der Waals surface area contributed by atoms with Crippen LogP contribution in [0, 0.1) is 0 Å². The topological polar surface area (TPSA) is 113 Å². The fourth-order valence-electron chi connectivity index (χ4n) is 4.88. The summed E-state index contributed by atoms with van der Waals surface area (Å²) in [4.78, 5) is 21.0. The van der Waals surface area contributed by atoms with E-state index in [2.05, 4.69) is 43.0 Å². The van der Waals surface area contributed by atoms with E-state index >= 15 is 0 Å². The van der Waals surface area contributed by atoms with Crippen molar-refractivity contribution in [1.29, 1.82) is 0 Å². The number of nitrogens with one attached hydrogen (secondary N) is 2. The Labute approximate surface area is 218 Å². The molecule has 0 saturated carbocycles. The average molecular weight is 564 g/mol. The third-order valence-electron chi connectivity index (χ3n) is 6.60. The lowest BCUT2D eigenvalue weighted by atomic mass is 10.00. The van der Waals surface area contributed by atoms with Crippen molar-refractivity contribution in [3.05, 3.63) is 52.8 Å². The van der Waals surface area contributed by atoms with Gasteiger partial charge in [-0.25, -0.2) is 8.78 Å². The number of amides is 1. The van der Waals surface area contributed by atoms with Crippen LogP contribution < -0.4 is 22.1 Å². The second-order valence-electron chi connectivity index (χ2n) is 9.51. The molecule has 0 spiro atoms. The second kappa shape index (κ2) is 10.6. The summed E-state index contributed by atoms with van der Waals surface area (Å²) in [5.74, 6) is -3.55. The third-order valence-corrected chi connectivity index (χ3v) is 7.06. The molecule has 3 heterocycles. The van der Waals surface area contributed by atoms with Gasteiger partial charge in [0.1, 0.15) is 0 Å². The average Bonchev–Trinajstić information content (AvgIpc) is 2.83. The van der Waals surface area contributed by atoms with E-state index in [1.807, 2.05) is 13.1 Å². The van der Waals surface area contributed by atoms with E-state index in [0.29, 0.717) is 22.4 Å². The molecule has 2 atom stereocenters. The summed E-state index contributed by atoms with van der Waals surface area (Å²) < 4.78 is 28.9. The summed E-state index contributed by atoms with van der Waals surface area (Å²) in [6.45, 7) is 5.15. The summed E-state index contributed by atoms with van der Waals surface area (Å²) in [5, 5.41) is 6.52. The smallest absolute Gasteiger partial charge is 0.266 e. The number of hydrogen-bond acceptors (Lipinski definition) is 7. The summed E-state index contributed by atoms with van der Waals surface area (Å²) in [6, 6.07) is 4.50. The van der Waals surface area contributed by atoms with Gasteiger partial charge in [-0.05, 0) is 31.0 Å². The number of carbonyl (C=O) groups is 1. The number of piperidine rings is 2. The zero-order valence-corrected chi connectivity index (χ0v) is 21.8. The molecule has 2 aliphatic heterocycles. The van der Waals surface area contributed by atoms with E-state index in [1.54, 1.807) is 24.5 Å². The number of likely N-dealkylation sites (tertiary alicyclic amines) is 2. The molecule has 1 amide bonds. The Morgan fingerprint density at radius 1 is 1.25 bits per heavy atom. The summed E-state index contributed by atoms with van der Waals surface area (Å²) >= 11 is 3.38. The van der Waals surface area contributed by atoms with E-state index in [1.165, 1.54) is 0 Å². The molecule has 2 fully saturated rings. The molecule has 194 valence electrons. The van der Waals surface area contributed by atoms with Gasteiger partial charge < -0.3 is 31.9 Å². The molecule has 0 radical (unpaired) electrons. The van der Waals surface area contributed by atoms with Crippen molar-refractivity contribution in [1.82, 2.24) is 14.8 Å². The van der Waals surface area contributed by atoms with Crippen molar-refractivity contribution in [3.8, 4) is 0 Å². The summed E-state index contributed by atoms with van der Waals surface area (Å²) in [5.41, 5.74) is 15.9. The van der Waals surface area contributed by atoms with Crippen molar-refractivity contribution in [2.24, 2.45) is 5.73 Å². The highest BCUT2D eigenvalue weighted by molar-refractivity contribution is 9.10. The lowest BCUT2D eigenvalue weighted by Gasteiger charge is -2.38. The van der Waals surface area contributed by atoms with Crippen LogP contribution in [0.25, 0.3) is 5.70 Å². The Bertz CT molecular complexity index is 1150. The molecule has 2 saturated heterocycles. The Balaban J connectivity index is 1.54. The SMILES string of the molecule is C=C(c1cncc(NC)c1)N1CCC[C@@H](Nc2c(N)cc(Br)cc2C(=O)N2CC(N)CC(F)(F)C2)C1. The Morgan fingerprint density at radius 3 is 2.75 bits per heavy atom. The molecular weight excluding hydrogens is 532 g/mol. The first-order chi connectivity index (χ1) is 17.1. The van der Waals surface area contributed by atoms with Crippen LogP contribution in [0.3, 0.4) is 0 Å². The Kier molecular flexibility index (Phi) is 7.70. The van der Waals surface area contributed by atoms with Crippen LogP contribution in [-0.2, 0) is 0 Å². The number of aromatic nitrogens is 1. The highest BCUT2D eigenvalue weighted by Crippen LogP contribution is 2.34. The normalized spacial score (nSPS) is 21.7. The third kappa shape index (κ3) is 5.89. The van der Waals surface area contributed by atoms with Crippen LogP contribution in [0.4, 0.5) is 25.8 Å². The molecule has 4 rings (SSSR count). The van der Waals surface area contributed by atoms with Gasteiger partial charge in [0.15, 0.2) is 0 Å². The van der Waals surface area contributed by atoms with Crippen LogP contribution >= 0.6 is 15.9 Å². The number of anilines is 3. The number of nitrogens with zero attached hydrogens (tertiary/aromatic N) is 3. The molecule has 0 bridgehead atoms. The monoisotopic (exact) mass is 563 g/mol. The quantitative estimate of drug-likeness (QED) is 0.395. The van der Waals surface area contributed by atoms with Gasteiger partial charge in [0, 0.05) is 73.3 Å². The van der Waals surface area contributed by atoms with E-state index in [0.717, 1.165) is 41.2 Å². The van der Waals surface area contributed by atoms with Crippen molar-refractivity contribution in [3.63, 3.8) is 0 Å². The molecule has 11 heteroatoms. The van der Waals surface area contributed by atoms with Crippen LogP contribution in [0.2, 0.25) is 0 Å². The fourth-order valence-corrected chi connectivity index (χ4v) is 5.36. The first-order valence-corrected chi connectivity index (χ1v) is 12.7. The lowest BCUT2D eigenvalue weighted by molar-refractivity contribution is -0.0621. The number of carbonyl (C=O) groups excluding carboxylic acids is 1. The van der Waals surface area contributed by atoms with Crippen LogP contribution in [0.1, 0.15) is 35.2 Å². The Morgan fingerprint density at radius 2 is 2.03 bits per heavy atom. The first kappa shape index (κ1) is 26.2. The Hall–Kier alpha value is -2.92. The first-order valence-electron chi connectivity index (χ1n) is 11.9. The van der Waals surface area contributed by atoms with E-state index < -0.39 is 30.8 Å². The standard InChI is InChI=1S/C25H32BrF2N7O/c1-15(16-6-20(31-2)11-32-10-16)34-5-3-4-19(13-34)33-23-21(7-17(26)8-22(23)30)24(36)35-12-18(29)9-25(27,28)14-35/h6-8,10-11,18-19,31,33H,1,3-5,9,12-14,29-30H2,2H3/t18?,19-/m1/s1. The number of benzene rings is 1. The predicted molar refractivity (Wildman–Crippen MR) is 143 cm³/mol. The zero-order valence-electron chi connectivity index (χ0n) is 20.2. The molecule has 8 nitrogen and oxygen atoms in total. The van der Waals surface area contributed by atoms with E-state index in [9.17, 15) is 13.6 Å². The molecular formula is C25H32BrF2N7O. The molecule has 2 aliphatic rings. The summed E-state index contributed by atoms with van der Waals surface area (Å²) in [7, 11) is 1.84. The van der Waals surface area contributed by atoms with Crippen molar-refractivity contribution in [2.75, 3.05) is 49.6 Å². The number of pyridine rings is 1. The zero-order chi connectivity index (χ0) is 26.0. The van der Waals surface area contributed by atoms with Crippen LogP contribution in [-0.4, -0.2) is 71.9 Å². The number of nitrogens with two attached hydrogens (primary N) is 2. The molecule has 1 unspecified atom stereocenters. The van der Waals surface area contributed by atoms with E-state index in [4.69, 9.17) is 11.5 Å². The molecule has 0 aliphatic carbocycles. The maximum atomic E-state index is 14.2. The predicted octanol–water partition coefficient (Wildman–Crippen LogP) is 3.82. The maximum Gasteiger partial charge on any atom is 0.266 e. The van der Waals surface area contributed by atoms with Gasteiger partial charge in [0.05, 0.1) is 29.2 Å². The van der Waals surface area contributed by atoms with Gasteiger partial charge in [-0.1, -0.05) is 22.5 Å². The minimum Gasteiger partial charge on any atom is -0.397 e. The highest BCUT2D eigenvalue weighted by Gasteiger charge is 2.41. The highest BCUT2D eigenvalue weighted by atomic mass is 79.9. The van der Waals surface area contributed by atoms with Crippen molar-refractivity contribution < 1.29 is 13.6 Å². The molecule has 1 aromatic heterocycles. The van der Waals surface area contributed by atoms with Gasteiger partial charge in [0.2, 0.25) is 0 Å². The lowest BCUT2D eigenvalue weighted by Crippen LogP contribution is -2.54. The van der Waals surface area contributed by atoms with Gasteiger partial charge in [-0.2, -0.15) is 0 Å². The van der Waals surface area contributed by atoms with Crippen molar-refractivity contribution in [2.45, 2.75) is 37.3 Å². The van der Waals surface area contributed by atoms with Crippen molar-refractivity contribution >= 4 is 44.6 Å². The minimum absolute atomic E-state index is 0.0315. The number of nitrogen functional groups attached to an aromatic ring is 1. The van der Waals surface area contributed by atoms with Gasteiger partial charge >= 0.3 is 0 Å².